The van der Waals surface area contributed by atoms with Gasteiger partial charge in [-0.3, -0.25) is 5.43 Å². The van der Waals surface area contributed by atoms with E-state index in [-0.39, 0.29) is 11.7 Å². The smallest absolute Gasteiger partial charge is 0.358 e. The average Bonchev–Trinajstić information content (AvgIpc) is 2.90. The van der Waals surface area contributed by atoms with Gasteiger partial charge < -0.3 is 15.3 Å². The molecule has 2 rings (SSSR count). The summed E-state index contributed by atoms with van der Waals surface area (Å²) >= 11 is 0. The van der Waals surface area contributed by atoms with Crippen molar-refractivity contribution in [1.82, 2.24) is 35.6 Å². The molecular weight excluding hydrogens is 278 g/mol. The Labute approximate surface area is 121 Å². The highest BCUT2D eigenvalue weighted by molar-refractivity contribution is 5.84. The van der Waals surface area contributed by atoms with Crippen LogP contribution in [0.2, 0.25) is 0 Å². The maximum absolute atomic E-state index is 11.7. The van der Waals surface area contributed by atoms with Gasteiger partial charge in [-0.05, 0) is 7.05 Å². The molecule has 1 aliphatic rings. The quantitative estimate of drug-likeness (QED) is 0.602. The second-order valence-corrected chi connectivity index (χ2v) is 4.83. The van der Waals surface area contributed by atoms with E-state index in [4.69, 9.17) is 5.11 Å². The predicted molar refractivity (Wildman–Crippen MR) is 72.6 cm³/mol. The van der Waals surface area contributed by atoms with Crippen LogP contribution in [0, 0.1) is 0 Å². The number of likely N-dealkylation sites (N-methyl/N-ethyl adjacent to an activating group) is 1. The maximum atomic E-state index is 11.7. The number of hydrogen-bond acceptors (Lipinski definition) is 6. The number of carbonyl (C=O) groups excluding carboxylic acids is 1. The van der Waals surface area contributed by atoms with Gasteiger partial charge in [0.1, 0.15) is 0 Å². The minimum Gasteiger partial charge on any atom is -0.476 e. The van der Waals surface area contributed by atoms with Gasteiger partial charge in [-0.2, -0.15) is 0 Å². The van der Waals surface area contributed by atoms with Gasteiger partial charge in [0.05, 0.1) is 12.7 Å². The predicted octanol–water partition coefficient (Wildman–Crippen LogP) is -1.56. The molecule has 116 valence electrons. The highest BCUT2D eigenvalue weighted by Gasteiger charge is 2.15. The van der Waals surface area contributed by atoms with Gasteiger partial charge in [0.2, 0.25) is 0 Å². The molecule has 1 aromatic rings. The molecule has 0 saturated carbocycles. The number of carboxylic acids is 1. The first-order valence-corrected chi connectivity index (χ1v) is 6.66. The van der Waals surface area contributed by atoms with Crippen molar-refractivity contribution >= 4 is 12.0 Å². The summed E-state index contributed by atoms with van der Waals surface area (Å²) in [4.78, 5) is 24.5. The van der Waals surface area contributed by atoms with E-state index in [1.165, 1.54) is 10.9 Å². The second-order valence-electron chi connectivity index (χ2n) is 4.83. The molecule has 0 radical (unpaired) electrons. The zero-order chi connectivity index (χ0) is 15.2. The van der Waals surface area contributed by atoms with Gasteiger partial charge in [0.25, 0.3) is 0 Å². The highest BCUT2D eigenvalue weighted by atomic mass is 16.4. The molecule has 1 aliphatic heterocycles. The van der Waals surface area contributed by atoms with Crippen LogP contribution in [0.4, 0.5) is 4.79 Å². The Morgan fingerprint density at radius 3 is 2.67 bits per heavy atom. The number of piperazine rings is 1. The van der Waals surface area contributed by atoms with Crippen LogP contribution in [-0.4, -0.2) is 81.8 Å². The number of amides is 2. The van der Waals surface area contributed by atoms with Crippen molar-refractivity contribution in [3.8, 4) is 0 Å². The van der Waals surface area contributed by atoms with Gasteiger partial charge >= 0.3 is 12.0 Å². The zero-order valence-corrected chi connectivity index (χ0v) is 11.8. The molecule has 1 aromatic heterocycles. The van der Waals surface area contributed by atoms with Crippen LogP contribution in [0.15, 0.2) is 6.20 Å². The third-order valence-electron chi connectivity index (χ3n) is 3.15. The zero-order valence-electron chi connectivity index (χ0n) is 11.8. The van der Waals surface area contributed by atoms with Crippen molar-refractivity contribution in [2.75, 3.05) is 39.8 Å². The number of aromatic nitrogens is 3. The molecule has 21 heavy (non-hydrogen) atoms. The van der Waals surface area contributed by atoms with Crippen molar-refractivity contribution in [3.05, 3.63) is 11.9 Å². The van der Waals surface area contributed by atoms with E-state index in [9.17, 15) is 9.59 Å². The fourth-order valence-corrected chi connectivity index (χ4v) is 1.89. The number of nitrogens with zero attached hydrogens (tertiary/aromatic N) is 5. The lowest BCUT2D eigenvalue weighted by Gasteiger charge is -2.32. The number of hydrazine groups is 1. The van der Waals surface area contributed by atoms with E-state index >= 15 is 0 Å². The van der Waals surface area contributed by atoms with Crippen LogP contribution in [-0.2, 0) is 6.54 Å². The summed E-state index contributed by atoms with van der Waals surface area (Å²) in [6, 6.07) is -0.280. The number of urea groups is 1. The summed E-state index contributed by atoms with van der Waals surface area (Å²) in [5.41, 5.74) is 2.65. The van der Waals surface area contributed by atoms with Gasteiger partial charge in [0, 0.05) is 32.7 Å². The van der Waals surface area contributed by atoms with Crippen molar-refractivity contribution in [2.45, 2.75) is 6.54 Å². The van der Waals surface area contributed by atoms with Crippen LogP contribution in [0.5, 0.6) is 0 Å². The summed E-state index contributed by atoms with van der Waals surface area (Å²) in [7, 11) is 2.04. The first-order chi connectivity index (χ1) is 10.0. The molecule has 3 N–H and O–H groups in total. The molecule has 1 fully saturated rings. The van der Waals surface area contributed by atoms with E-state index in [2.05, 4.69) is 26.0 Å². The summed E-state index contributed by atoms with van der Waals surface area (Å²) in [5, 5.41) is 20.4. The fourth-order valence-electron chi connectivity index (χ4n) is 1.89. The van der Waals surface area contributed by atoms with Crippen LogP contribution >= 0.6 is 0 Å². The van der Waals surface area contributed by atoms with E-state index in [0.29, 0.717) is 13.1 Å². The van der Waals surface area contributed by atoms with Crippen LogP contribution in [0.1, 0.15) is 10.5 Å². The third-order valence-corrected chi connectivity index (χ3v) is 3.15. The lowest BCUT2D eigenvalue weighted by atomic mass is 10.4. The number of hydrogen-bond donors (Lipinski definition) is 3. The van der Waals surface area contributed by atoms with Crippen molar-refractivity contribution < 1.29 is 14.7 Å². The third kappa shape index (κ3) is 4.68. The van der Waals surface area contributed by atoms with Gasteiger partial charge in [-0.15, -0.1) is 5.10 Å². The molecule has 10 nitrogen and oxygen atoms in total. The molecule has 0 bridgehead atoms. The largest absolute Gasteiger partial charge is 0.476 e. The maximum Gasteiger partial charge on any atom is 0.358 e. The van der Waals surface area contributed by atoms with Crippen LogP contribution in [0.25, 0.3) is 0 Å². The minimum atomic E-state index is -1.12. The molecule has 0 aromatic carbocycles. The molecular formula is C11H19N7O3. The molecule has 0 spiro atoms. The Bertz CT molecular complexity index is 496. The Balaban J connectivity index is 1.65. The standard InChI is InChI=1S/C11H19N7O3/c1-16-4-6-17(7-5-16)14-11(21)12-2-3-18-8-9(10(19)20)13-15-18/h8H,2-7H2,1H3,(H,19,20)(H2,12,14,21). The first-order valence-electron chi connectivity index (χ1n) is 6.66. The molecule has 0 atom stereocenters. The minimum absolute atomic E-state index is 0.114. The number of carboxylic acid groups (broad SMARTS) is 1. The molecule has 2 heterocycles. The second kappa shape index (κ2) is 6.99. The lowest BCUT2D eigenvalue weighted by Crippen LogP contribution is -2.55. The normalized spacial score (nSPS) is 16.6. The Hall–Kier alpha value is -2.20. The SMILES string of the molecule is CN1CCN(NC(=O)NCCn2cc(C(=O)O)nn2)CC1. The van der Waals surface area contributed by atoms with Crippen LogP contribution in [0.3, 0.4) is 0 Å². The highest BCUT2D eigenvalue weighted by Crippen LogP contribution is 1.95. The van der Waals surface area contributed by atoms with Gasteiger partial charge in [-0.25, -0.2) is 19.3 Å². The monoisotopic (exact) mass is 297 g/mol. The van der Waals surface area contributed by atoms with E-state index < -0.39 is 5.97 Å². The van der Waals surface area contributed by atoms with E-state index in [1.54, 1.807) is 0 Å². The average molecular weight is 297 g/mol. The number of carbonyl (C=O) groups is 2. The Kier molecular flexibility index (Phi) is 5.06. The van der Waals surface area contributed by atoms with Gasteiger partial charge in [-0.1, -0.05) is 5.21 Å². The van der Waals surface area contributed by atoms with Crippen molar-refractivity contribution in [2.24, 2.45) is 0 Å². The summed E-state index contributed by atoms with van der Waals surface area (Å²) < 4.78 is 1.37. The van der Waals surface area contributed by atoms with Gasteiger partial charge in [0.15, 0.2) is 5.69 Å². The number of aromatic carboxylic acids is 1. The van der Waals surface area contributed by atoms with E-state index in [0.717, 1.165) is 26.2 Å². The first kappa shape index (κ1) is 15.2. The van der Waals surface area contributed by atoms with Crippen molar-refractivity contribution in [3.63, 3.8) is 0 Å². The summed E-state index contributed by atoms with van der Waals surface area (Å²) in [5.74, 6) is -1.12. The molecule has 0 aliphatic carbocycles. The molecule has 2 amide bonds. The summed E-state index contributed by atoms with van der Waals surface area (Å²) in [6.07, 6.45) is 1.32. The van der Waals surface area contributed by atoms with E-state index in [1.807, 2.05) is 12.1 Å². The molecule has 1 saturated heterocycles. The Morgan fingerprint density at radius 1 is 1.33 bits per heavy atom. The van der Waals surface area contributed by atoms with Crippen LogP contribution < -0.4 is 10.7 Å². The molecule has 10 heteroatoms. The van der Waals surface area contributed by atoms with Crippen molar-refractivity contribution in [1.29, 1.82) is 0 Å². The number of nitrogens with one attached hydrogen (secondary N) is 2. The fraction of sp³-hybridized carbons (Fsp3) is 0.636. The molecule has 0 unspecified atom stereocenters. The summed E-state index contributed by atoms with van der Waals surface area (Å²) in [6.45, 7) is 4.09. The number of rotatable bonds is 5. The lowest BCUT2D eigenvalue weighted by molar-refractivity contribution is 0.0690. The Morgan fingerprint density at radius 2 is 2.05 bits per heavy atom. The topological polar surface area (TPSA) is 116 Å².